The third-order valence-electron chi connectivity index (χ3n) is 6.26. The molecule has 224 valence electrons. The monoisotopic (exact) mass is 632 g/mol. The van der Waals surface area contributed by atoms with Gasteiger partial charge in [0.15, 0.2) is 5.52 Å². The largest absolute Gasteiger partial charge is 0.488 e. The normalized spacial score (nSPS) is 11.7. The molecule has 0 bridgehead atoms. The number of aromatic nitrogens is 4. The molecule has 44 heavy (non-hydrogen) atoms. The molecule has 4 aromatic rings. The number of imide groups is 1. The zero-order valence-corrected chi connectivity index (χ0v) is 25.5. The number of fused-ring (bicyclic) bond motifs is 3. The minimum absolute atomic E-state index is 0.0503. The average molecular weight is 633 g/mol. The summed E-state index contributed by atoms with van der Waals surface area (Å²) in [5.41, 5.74) is 6.36. The smallest absolute Gasteiger partial charge is 0.413 e. The molecular weight excluding hydrogens is 606 g/mol. The first-order valence-corrected chi connectivity index (χ1v) is 15.1. The molecule has 2 aromatic carbocycles. The van der Waals surface area contributed by atoms with Crippen LogP contribution in [0.15, 0.2) is 48.8 Å². The molecule has 0 aliphatic carbocycles. The van der Waals surface area contributed by atoms with Gasteiger partial charge in [-0.2, -0.15) is 0 Å². The number of hydrogen-bond donors (Lipinski definition) is 4. The number of nitrogens with one attached hydrogen (secondary N) is 4. The Labute approximate surface area is 254 Å². The van der Waals surface area contributed by atoms with Crippen molar-refractivity contribution in [3.63, 3.8) is 0 Å². The zero-order valence-electron chi connectivity index (χ0n) is 23.5. The lowest BCUT2D eigenvalue weighted by molar-refractivity contribution is -0.111. The lowest BCUT2D eigenvalue weighted by atomic mass is 9.94. The molecule has 3 heterocycles. The Kier molecular flexibility index (Phi) is 9.65. The van der Waals surface area contributed by atoms with E-state index in [1.165, 1.54) is 14.2 Å². The summed E-state index contributed by atoms with van der Waals surface area (Å²) in [6.45, 7) is 0.566. The Bertz CT molecular complexity index is 1810. The molecular formula is C29H26N6O7P2. The van der Waals surface area contributed by atoms with Crippen LogP contribution in [0.25, 0.3) is 22.4 Å². The van der Waals surface area contributed by atoms with Crippen LogP contribution in [0.3, 0.4) is 0 Å². The molecule has 2 unspecified atom stereocenters. The van der Waals surface area contributed by atoms with E-state index in [1.54, 1.807) is 12.4 Å². The van der Waals surface area contributed by atoms with Crippen molar-refractivity contribution >= 4 is 51.7 Å². The van der Waals surface area contributed by atoms with Crippen molar-refractivity contribution < 1.29 is 33.4 Å². The molecule has 1 aliphatic rings. The van der Waals surface area contributed by atoms with Gasteiger partial charge in [0.2, 0.25) is 0 Å². The van der Waals surface area contributed by atoms with E-state index in [1.807, 2.05) is 36.4 Å². The first-order chi connectivity index (χ1) is 21.3. The van der Waals surface area contributed by atoms with Crippen LogP contribution < -0.4 is 26.5 Å². The van der Waals surface area contributed by atoms with Crippen molar-refractivity contribution in [2.45, 2.75) is 13.0 Å². The molecule has 3 amide bonds. The highest BCUT2D eigenvalue weighted by Crippen LogP contribution is 2.39. The lowest BCUT2D eigenvalue weighted by Crippen LogP contribution is -2.27. The Hall–Kier alpha value is -5.04. The second-order valence-electron chi connectivity index (χ2n) is 9.20. The first kappa shape index (κ1) is 30.4. The summed E-state index contributed by atoms with van der Waals surface area (Å²) in [7, 11) is 1.90. The molecule has 0 radical (unpaired) electrons. The summed E-state index contributed by atoms with van der Waals surface area (Å²) in [4.78, 5) is 61.1. The number of benzene rings is 2. The van der Waals surface area contributed by atoms with Gasteiger partial charge in [0, 0.05) is 41.3 Å². The fraction of sp³-hybridized carbons (Fsp3) is 0.172. The minimum atomic E-state index is -0.815. The van der Waals surface area contributed by atoms with Crippen LogP contribution in [-0.4, -0.2) is 64.1 Å². The first-order valence-electron chi connectivity index (χ1n) is 13.1. The van der Waals surface area contributed by atoms with Crippen molar-refractivity contribution in [1.29, 1.82) is 0 Å². The predicted molar refractivity (Wildman–Crippen MR) is 165 cm³/mol. The van der Waals surface area contributed by atoms with E-state index in [4.69, 9.17) is 4.74 Å². The molecule has 13 nitrogen and oxygen atoms in total. The van der Waals surface area contributed by atoms with Gasteiger partial charge in [-0.15, -0.1) is 0 Å². The van der Waals surface area contributed by atoms with E-state index in [0.717, 1.165) is 39.3 Å². The standard InChI is InChI=1S/C29H26N6O7P2/c1-40-27(37)30-10-9-24(36)43-25-31-13-19(33-25)6-3-16-4-7-21-20-8-5-17(12-18(20)15-42-23(21)11-16)22-14-32-26(34-22)44-29(39)35-28(38)41-2/h4-5,7-8,11-14,43-44H,9-10,15H2,1-2H3,(H,30,37)(H,31,33)(H,32,34)(H,35,38,39). The van der Waals surface area contributed by atoms with Crippen molar-refractivity contribution in [2.75, 3.05) is 20.8 Å². The number of ether oxygens (including phenoxy) is 3. The molecule has 5 rings (SSSR count). The van der Waals surface area contributed by atoms with Crippen LogP contribution in [0.1, 0.15) is 23.2 Å². The highest BCUT2D eigenvalue weighted by molar-refractivity contribution is 7.65. The highest BCUT2D eigenvalue weighted by atomic mass is 31.1. The van der Waals surface area contributed by atoms with E-state index in [9.17, 15) is 19.2 Å². The van der Waals surface area contributed by atoms with Crippen molar-refractivity contribution in [2.24, 2.45) is 0 Å². The van der Waals surface area contributed by atoms with Gasteiger partial charge in [0.1, 0.15) is 29.2 Å². The Morgan fingerprint density at radius 2 is 1.70 bits per heavy atom. The molecule has 15 heteroatoms. The predicted octanol–water partition coefficient (Wildman–Crippen LogP) is 3.12. The van der Waals surface area contributed by atoms with Gasteiger partial charge in [-0.3, -0.25) is 14.9 Å². The third kappa shape index (κ3) is 7.67. The quantitative estimate of drug-likeness (QED) is 0.168. The zero-order chi connectivity index (χ0) is 31.1. The maximum atomic E-state index is 12.1. The van der Waals surface area contributed by atoms with E-state index >= 15 is 0 Å². The maximum Gasteiger partial charge on any atom is 0.413 e. The number of aromatic amines is 2. The highest BCUT2D eigenvalue weighted by Gasteiger charge is 2.19. The molecule has 0 spiro atoms. The van der Waals surface area contributed by atoms with Crippen LogP contribution in [0.4, 0.5) is 14.4 Å². The fourth-order valence-electron chi connectivity index (χ4n) is 4.19. The summed E-state index contributed by atoms with van der Waals surface area (Å²) in [6, 6.07) is 11.8. The van der Waals surface area contributed by atoms with E-state index in [2.05, 4.69) is 51.9 Å². The van der Waals surface area contributed by atoms with Crippen LogP contribution >= 0.6 is 17.2 Å². The number of H-pyrrole nitrogens is 2. The number of alkyl carbamates (subject to hydrolysis) is 2. The van der Waals surface area contributed by atoms with Crippen LogP contribution in [0, 0.1) is 11.8 Å². The lowest BCUT2D eigenvalue weighted by Gasteiger charge is -2.21. The minimum Gasteiger partial charge on any atom is -0.488 e. The molecule has 4 N–H and O–H groups in total. The van der Waals surface area contributed by atoms with Gasteiger partial charge < -0.3 is 29.5 Å². The molecule has 2 atom stereocenters. The second-order valence-corrected chi connectivity index (χ2v) is 11.7. The van der Waals surface area contributed by atoms with Gasteiger partial charge in [-0.1, -0.05) is 18.1 Å². The number of amides is 3. The topological polar surface area (TPSA) is 177 Å². The van der Waals surface area contributed by atoms with E-state index < -0.39 is 17.8 Å². The van der Waals surface area contributed by atoms with Crippen molar-refractivity contribution in [3.05, 3.63) is 65.6 Å². The number of methoxy groups -OCH3 is 2. The van der Waals surface area contributed by atoms with Gasteiger partial charge in [0.05, 0.1) is 32.3 Å². The van der Waals surface area contributed by atoms with Crippen molar-refractivity contribution in [3.8, 4) is 40.0 Å². The molecule has 2 aromatic heterocycles. The van der Waals surface area contributed by atoms with Crippen LogP contribution in [-0.2, 0) is 20.9 Å². The average Bonchev–Trinajstić information content (AvgIpc) is 3.68. The number of carbonyl (C=O) groups excluding carboxylic acids is 4. The second kappa shape index (κ2) is 14.0. The van der Waals surface area contributed by atoms with Crippen molar-refractivity contribution in [1.82, 2.24) is 30.6 Å². The summed E-state index contributed by atoms with van der Waals surface area (Å²) in [6.07, 6.45) is 2.01. The summed E-state index contributed by atoms with van der Waals surface area (Å²) in [5, 5.41) is 4.59. The van der Waals surface area contributed by atoms with Gasteiger partial charge in [-0.05, 0) is 46.9 Å². The Morgan fingerprint density at radius 1 is 0.932 bits per heavy atom. The summed E-state index contributed by atoms with van der Waals surface area (Å²) >= 11 is 0. The number of nitrogens with zero attached hydrogens (tertiary/aromatic N) is 2. The molecule has 0 saturated carbocycles. The van der Waals surface area contributed by atoms with Gasteiger partial charge in [-0.25, -0.2) is 19.6 Å². The molecule has 1 aliphatic heterocycles. The van der Waals surface area contributed by atoms with Crippen LogP contribution in [0.2, 0.25) is 0 Å². The summed E-state index contributed by atoms with van der Waals surface area (Å²) in [5.74, 6) is 6.86. The number of hydrogen-bond acceptors (Lipinski definition) is 9. The Balaban J connectivity index is 1.22. The van der Waals surface area contributed by atoms with Crippen LogP contribution in [0.5, 0.6) is 5.75 Å². The number of rotatable bonds is 8. The number of imidazole rings is 2. The van der Waals surface area contributed by atoms with E-state index in [0.29, 0.717) is 23.4 Å². The third-order valence-corrected chi connectivity index (χ3v) is 8.12. The van der Waals surface area contributed by atoms with E-state index in [-0.39, 0.29) is 35.7 Å². The fourth-order valence-corrected chi connectivity index (χ4v) is 5.73. The molecule has 0 saturated heterocycles. The number of carbonyl (C=O) groups is 4. The van der Waals surface area contributed by atoms with Gasteiger partial charge >= 0.3 is 12.2 Å². The van der Waals surface area contributed by atoms with Gasteiger partial charge in [0.25, 0.3) is 5.65 Å². The maximum absolute atomic E-state index is 12.1. The summed E-state index contributed by atoms with van der Waals surface area (Å²) < 4.78 is 15.0. The SMILES string of the molecule is COC(=O)NCCC(=O)Pc1ncc(C#Cc2ccc3c(c2)OCc2cc(-c4cnc(PC(=O)NC(=O)OC)[nH]4)ccc2-3)[nH]1. The Morgan fingerprint density at radius 3 is 2.52 bits per heavy atom. The molecule has 0 fully saturated rings.